The van der Waals surface area contributed by atoms with Crippen molar-refractivity contribution in [2.75, 3.05) is 24.4 Å². The molecule has 0 aliphatic heterocycles. The number of ether oxygens (including phenoxy) is 1. The smallest absolute Gasteiger partial charge is 0.273 e. The van der Waals surface area contributed by atoms with E-state index in [2.05, 4.69) is 30.4 Å². The number of nitrogens with zero attached hydrogens (tertiary/aromatic N) is 4. The van der Waals surface area contributed by atoms with E-state index in [1.165, 1.54) is 0 Å². The molecule has 4 rings (SSSR count). The number of nitrogens with two attached hydrogens (primary N) is 2. The Morgan fingerprint density at radius 3 is 2.87 bits per heavy atom. The number of anilines is 3. The second-order valence-electron chi connectivity index (χ2n) is 7.76. The molecular weight excluding hydrogens is 396 g/mol. The number of benzene rings is 1. The first-order valence-electron chi connectivity index (χ1n) is 10.5. The molecule has 2 heterocycles. The Bertz CT molecular complexity index is 1070. The van der Waals surface area contributed by atoms with Crippen molar-refractivity contribution in [2.24, 2.45) is 11.5 Å². The molecule has 0 saturated heterocycles. The van der Waals surface area contributed by atoms with Crippen LogP contribution in [-0.2, 0) is 11.3 Å². The van der Waals surface area contributed by atoms with E-state index in [-0.39, 0.29) is 23.6 Å². The van der Waals surface area contributed by atoms with Gasteiger partial charge in [0.2, 0.25) is 5.95 Å². The van der Waals surface area contributed by atoms with Crippen molar-refractivity contribution in [3.05, 3.63) is 36.2 Å². The monoisotopic (exact) mass is 424 g/mol. The first kappa shape index (κ1) is 21.0. The molecule has 1 aliphatic carbocycles. The number of rotatable bonds is 8. The molecule has 1 saturated carbocycles. The van der Waals surface area contributed by atoms with Gasteiger partial charge in [-0.1, -0.05) is 18.9 Å². The average molecular weight is 425 g/mol. The van der Waals surface area contributed by atoms with Gasteiger partial charge in [-0.15, -0.1) is 10.2 Å². The van der Waals surface area contributed by atoms with Crippen LogP contribution in [0.5, 0.6) is 0 Å². The molecule has 0 spiro atoms. The minimum absolute atomic E-state index is 0.0192. The number of carbonyl (C=O) groups excluding carboxylic acids is 1. The zero-order valence-corrected chi connectivity index (χ0v) is 17.5. The van der Waals surface area contributed by atoms with Crippen LogP contribution in [0.3, 0.4) is 0 Å². The van der Waals surface area contributed by atoms with Gasteiger partial charge in [-0.3, -0.25) is 4.79 Å². The summed E-state index contributed by atoms with van der Waals surface area (Å²) in [5.41, 5.74) is 13.6. The molecule has 31 heavy (non-hydrogen) atoms. The van der Waals surface area contributed by atoms with Gasteiger partial charge in [0.1, 0.15) is 0 Å². The molecular formula is C21H28N8O2. The standard InChI is InChI=1S/C21H28N8O2/c1-31-12-11-29-10-9-13-15(7-4-8-17(13)29)24-20-18(19(23)30)27-28-21(26-20)25-16-6-3-2-5-14(16)22/h4,7-10,14,16H,2-3,5-6,11-12,22H2,1H3,(H2,23,30)(H2,24,25,26,28)/t14-,16+/m0/s1. The molecule has 1 amide bonds. The Labute approximate surface area is 180 Å². The molecule has 1 aliphatic rings. The minimum atomic E-state index is -0.701. The van der Waals surface area contributed by atoms with Crippen LogP contribution in [0, 0.1) is 0 Å². The Hall–Kier alpha value is -3.24. The highest BCUT2D eigenvalue weighted by atomic mass is 16.5. The van der Waals surface area contributed by atoms with Gasteiger partial charge >= 0.3 is 0 Å². The van der Waals surface area contributed by atoms with Gasteiger partial charge in [0.05, 0.1) is 12.1 Å². The van der Waals surface area contributed by atoms with Crippen molar-refractivity contribution < 1.29 is 9.53 Å². The van der Waals surface area contributed by atoms with Crippen LogP contribution in [0.4, 0.5) is 17.5 Å². The number of primary amides is 1. The lowest BCUT2D eigenvalue weighted by Crippen LogP contribution is -2.43. The zero-order chi connectivity index (χ0) is 21.8. The summed E-state index contributed by atoms with van der Waals surface area (Å²) < 4.78 is 7.29. The van der Waals surface area contributed by atoms with Crippen molar-refractivity contribution in [3.8, 4) is 0 Å². The SMILES string of the molecule is COCCn1ccc2c(Nc3nc(N[C@@H]4CCCC[C@@H]4N)nnc3C(N)=O)cccc21. The van der Waals surface area contributed by atoms with E-state index in [4.69, 9.17) is 16.2 Å². The maximum Gasteiger partial charge on any atom is 0.273 e. The molecule has 1 fully saturated rings. The second-order valence-corrected chi connectivity index (χ2v) is 7.76. The summed E-state index contributed by atoms with van der Waals surface area (Å²) in [5, 5.41) is 15.5. The van der Waals surface area contributed by atoms with Crippen LogP contribution in [0.25, 0.3) is 10.9 Å². The number of carbonyl (C=O) groups is 1. The van der Waals surface area contributed by atoms with Gasteiger partial charge in [-0.25, -0.2) is 0 Å². The fourth-order valence-corrected chi connectivity index (χ4v) is 3.99. The third-order valence-corrected chi connectivity index (χ3v) is 5.66. The zero-order valence-electron chi connectivity index (χ0n) is 17.5. The van der Waals surface area contributed by atoms with E-state index < -0.39 is 5.91 Å². The van der Waals surface area contributed by atoms with Crippen LogP contribution in [-0.4, -0.2) is 51.5 Å². The summed E-state index contributed by atoms with van der Waals surface area (Å²) in [4.78, 5) is 16.4. The summed E-state index contributed by atoms with van der Waals surface area (Å²) in [5.74, 6) is -0.125. The van der Waals surface area contributed by atoms with Gasteiger partial charge in [0.15, 0.2) is 11.5 Å². The lowest BCUT2D eigenvalue weighted by Gasteiger charge is -2.29. The predicted octanol–water partition coefficient (Wildman–Crippen LogP) is 2.00. The molecule has 164 valence electrons. The van der Waals surface area contributed by atoms with Gasteiger partial charge in [0.25, 0.3) is 5.91 Å². The third kappa shape index (κ3) is 4.59. The number of hydrogen-bond donors (Lipinski definition) is 4. The fourth-order valence-electron chi connectivity index (χ4n) is 3.99. The van der Waals surface area contributed by atoms with Gasteiger partial charge < -0.3 is 31.4 Å². The summed E-state index contributed by atoms with van der Waals surface area (Å²) in [7, 11) is 1.68. The van der Waals surface area contributed by atoms with Crippen LogP contribution in [0.1, 0.15) is 36.2 Å². The Morgan fingerprint density at radius 1 is 1.26 bits per heavy atom. The van der Waals surface area contributed by atoms with Gasteiger partial charge in [-0.05, 0) is 31.0 Å². The summed E-state index contributed by atoms with van der Waals surface area (Å²) in [6.45, 7) is 1.35. The first-order valence-corrected chi connectivity index (χ1v) is 10.5. The Balaban J connectivity index is 1.63. The number of methoxy groups -OCH3 is 1. The highest BCUT2D eigenvalue weighted by Crippen LogP contribution is 2.28. The largest absolute Gasteiger partial charge is 0.383 e. The number of hydrogen-bond acceptors (Lipinski definition) is 8. The third-order valence-electron chi connectivity index (χ3n) is 5.66. The van der Waals surface area contributed by atoms with Crippen molar-refractivity contribution in [1.82, 2.24) is 19.7 Å². The van der Waals surface area contributed by atoms with Gasteiger partial charge in [0, 0.05) is 43.0 Å². The van der Waals surface area contributed by atoms with Crippen molar-refractivity contribution >= 4 is 34.3 Å². The number of nitrogens with one attached hydrogen (secondary N) is 2. The van der Waals surface area contributed by atoms with Crippen LogP contribution in [0.2, 0.25) is 0 Å². The van der Waals surface area contributed by atoms with Crippen molar-refractivity contribution in [2.45, 2.75) is 44.3 Å². The van der Waals surface area contributed by atoms with Crippen molar-refractivity contribution in [1.29, 1.82) is 0 Å². The Kier molecular flexibility index (Phi) is 6.28. The lowest BCUT2D eigenvalue weighted by atomic mass is 9.91. The van der Waals surface area contributed by atoms with Crippen LogP contribution < -0.4 is 22.1 Å². The highest BCUT2D eigenvalue weighted by Gasteiger charge is 2.23. The molecule has 10 heteroatoms. The fraction of sp³-hybridized carbons (Fsp3) is 0.429. The number of aromatic nitrogens is 4. The van der Waals surface area contributed by atoms with E-state index in [0.29, 0.717) is 12.6 Å². The predicted molar refractivity (Wildman–Crippen MR) is 119 cm³/mol. The number of fused-ring (bicyclic) bond motifs is 1. The van der Waals surface area contributed by atoms with Gasteiger partial charge in [-0.2, -0.15) is 4.98 Å². The lowest BCUT2D eigenvalue weighted by molar-refractivity contribution is 0.0995. The molecule has 10 nitrogen and oxygen atoms in total. The molecule has 3 aromatic rings. The summed E-state index contributed by atoms with van der Waals surface area (Å²) >= 11 is 0. The average Bonchev–Trinajstić information content (AvgIpc) is 3.18. The Morgan fingerprint density at radius 2 is 2.10 bits per heavy atom. The quantitative estimate of drug-likeness (QED) is 0.429. The number of amides is 1. The highest BCUT2D eigenvalue weighted by molar-refractivity contribution is 5.99. The molecule has 6 N–H and O–H groups in total. The maximum atomic E-state index is 11.9. The summed E-state index contributed by atoms with van der Waals surface area (Å²) in [6, 6.07) is 7.99. The van der Waals surface area contributed by atoms with E-state index in [1.807, 2.05) is 30.5 Å². The minimum Gasteiger partial charge on any atom is -0.383 e. The second kappa shape index (κ2) is 9.27. The van der Waals surface area contributed by atoms with Crippen LogP contribution in [0.15, 0.2) is 30.5 Å². The molecule has 0 radical (unpaired) electrons. The normalized spacial score (nSPS) is 18.8. The van der Waals surface area contributed by atoms with Crippen LogP contribution >= 0.6 is 0 Å². The molecule has 1 aromatic carbocycles. The molecule has 0 unspecified atom stereocenters. The topological polar surface area (TPSA) is 146 Å². The van der Waals surface area contributed by atoms with E-state index in [0.717, 1.165) is 48.8 Å². The molecule has 2 atom stereocenters. The van der Waals surface area contributed by atoms with Crippen molar-refractivity contribution in [3.63, 3.8) is 0 Å². The summed E-state index contributed by atoms with van der Waals surface area (Å²) in [6.07, 6.45) is 6.13. The first-order chi connectivity index (χ1) is 15.1. The van der Waals surface area contributed by atoms with E-state index in [1.54, 1.807) is 7.11 Å². The molecule has 0 bridgehead atoms. The molecule has 2 aromatic heterocycles. The maximum absolute atomic E-state index is 11.9. The van der Waals surface area contributed by atoms with E-state index in [9.17, 15) is 4.79 Å². The van der Waals surface area contributed by atoms with E-state index >= 15 is 0 Å².